The maximum atomic E-state index is 9.84. The van der Waals surface area contributed by atoms with E-state index in [-0.39, 0.29) is 6.10 Å². The Labute approximate surface area is 146 Å². The number of para-hydroxylation sites is 1. The zero-order chi connectivity index (χ0) is 16.5. The molecule has 0 saturated heterocycles. The first-order valence-electron chi connectivity index (χ1n) is 9.82. The van der Waals surface area contributed by atoms with E-state index in [4.69, 9.17) is 4.74 Å². The Morgan fingerprint density at radius 3 is 2.42 bits per heavy atom. The second kappa shape index (κ2) is 7.05. The first-order chi connectivity index (χ1) is 11.7. The van der Waals surface area contributed by atoms with Crippen molar-refractivity contribution in [2.24, 2.45) is 11.8 Å². The van der Waals surface area contributed by atoms with Crippen molar-refractivity contribution >= 4 is 0 Å². The lowest BCUT2D eigenvalue weighted by atomic mass is 10.0. The summed E-state index contributed by atoms with van der Waals surface area (Å²) in [5.74, 6) is 2.58. The predicted molar refractivity (Wildman–Crippen MR) is 96.0 cm³/mol. The monoisotopic (exact) mass is 329 g/mol. The number of aliphatic hydroxyl groups is 1. The molecule has 0 radical (unpaired) electrons. The standard InChI is InChI=1S/C21H31NO2/c1-22(18-10-16-12-19(23)13-17(16)11-18)14-15-6-2-5-9-21(15)24-20-7-3-4-8-20/h2,5-6,9,16-20,23H,3-4,7-8,10-14H2,1H3/t16-,17+,18?,19?. The van der Waals surface area contributed by atoms with Gasteiger partial charge in [-0.1, -0.05) is 18.2 Å². The third kappa shape index (κ3) is 3.48. The summed E-state index contributed by atoms with van der Waals surface area (Å²) in [5.41, 5.74) is 1.32. The third-order valence-corrected chi connectivity index (χ3v) is 6.58. The van der Waals surface area contributed by atoms with E-state index < -0.39 is 0 Å². The number of benzene rings is 1. The SMILES string of the molecule is CN(Cc1ccccc1OC1CCCC1)C1C[C@H]2CC(O)C[C@H]2C1. The molecule has 3 aliphatic carbocycles. The predicted octanol–water partition coefficient (Wildman–Crippen LogP) is 3.99. The molecule has 3 aliphatic rings. The topological polar surface area (TPSA) is 32.7 Å². The highest BCUT2D eigenvalue weighted by atomic mass is 16.5. The summed E-state index contributed by atoms with van der Waals surface area (Å²) in [4.78, 5) is 2.52. The van der Waals surface area contributed by atoms with Gasteiger partial charge in [-0.15, -0.1) is 0 Å². The van der Waals surface area contributed by atoms with Crippen LogP contribution in [0, 0.1) is 11.8 Å². The molecule has 24 heavy (non-hydrogen) atoms. The highest BCUT2D eigenvalue weighted by Gasteiger charge is 2.42. The summed E-state index contributed by atoms with van der Waals surface area (Å²) in [6, 6.07) is 9.24. The molecular formula is C21H31NO2. The molecule has 4 rings (SSSR count). The van der Waals surface area contributed by atoms with Crippen molar-refractivity contribution in [3.63, 3.8) is 0 Å². The van der Waals surface area contributed by atoms with Gasteiger partial charge in [-0.3, -0.25) is 4.90 Å². The highest BCUT2D eigenvalue weighted by molar-refractivity contribution is 5.33. The minimum Gasteiger partial charge on any atom is -0.490 e. The fourth-order valence-electron chi connectivity index (χ4n) is 5.25. The zero-order valence-electron chi connectivity index (χ0n) is 14.9. The van der Waals surface area contributed by atoms with Crippen LogP contribution < -0.4 is 4.74 Å². The molecule has 2 unspecified atom stereocenters. The third-order valence-electron chi connectivity index (χ3n) is 6.58. The summed E-state index contributed by atoms with van der Waals surface area (Å²) in [7, 11) is 2.26. The van der Waals surface area contributed by atoms with Crippen molar-refractivity contribution in [1.82, 2.24) is 4.90 Å². The summed E-state index contributed by atoms with van der Waals surface area (Å²) in [5, 5.41) is 9.84. The average Bonchev–Trinajstić information content (AvgIpc) is 3.25. The van der Waals surface area contributed by atoms with Crippen LogP contribution in [0.15, 0.2) is 24.3 Å². The van der Waals surface area contributed by atoms with Crippen molar-refractivity contribution < 1.29 is 9.84 Å². The Hall–Kier alpha value is -1.06. The fourth-order valence-corrected chi connectivity index (χ4v) is 5.25. The van der Waals surface area contributed by atoms with E-state index in [1.807, 2.05) is 0 Å². The zero-order valence-corrected chi connectivity index (χ0v) is 14.9. The number of rotatable bonds is 5. The maximum Gasteiger partial charge on any atom is 0.124 e. The van der Waals surface area contributed by atoms with Crippen LogP contribution in [0.5, 0.6) is 5.75 Å². The smallest absolute Gasteiger partial charge is 0.124 e. The van der Waals surface area contributed by atoms with Crippen LogP contribution in [-0.2, 0) is 6.54 Å². The van der Waals surface area contributed by atoms with Crippen LogP contribution in [0.4, 0.5) is 0 Å². The molecule has 132 valence electrons. The average molecular weight is 329 g/mol. The van der Waals surface area contributed by atoms with Gasteiger partial charge in [0, 0.05) is 18.2 Å². The van der Waals surface area contributed by atoms with E-state index in [1.54, 1.807) is 0 Å². The van der Waals surface area contributed by atoms with Gasteiger partial charge in [-0.05, 0) is 76.3 Å². The van der Waals surface area contributed by atoms with Crippen molar-refractivity contribution in [2.45, 2.75) is 76.2 Å². The number of aliphatic hydroxyl groups excluding tert-OH is 1. The van der Waals surface area contributed by atoms with Gasteiger partial charge in [-0.25, -0.2) is 0 Å². The van der Waals surface area contributed by atoms with Gasteiger partial charge in [-0.2, -0.15) is 0 Å². The van der Waals surface area contributed by atoms with E-state index in [0.717, 1.165) is 37.0 Å². The molecule has 0 spiro atoms. The van der Waals surface area contributed by atoms with E-state index in [0.29, 0.717) is 12.1 Å². The van der Waals surface area contributed by atoms with Gasteiger partial charge in [0.05, 0.1) is 12.2 Å². The van der Waals surface area contributed by atoms with Crippen LogP contribution >= 0.6 is 0 Å². The minimum absolute atomic E-state index is 0.0354. The quantitative estimate of drug-likeness (QED) is 0.886. The Morgan fingerprint density at radius 2 is 1.71 bits per heavy atom. The lowest BCUT2D eigenvalue weighted by Crippen LogP contribution is -2.30. The molecule has 1 aromatic rings. The Morgan fingerprint density at radius 1 is 1.04 bits per heavy atom. The van der Waals surface area contributed by atoms with E-state index >= 15 is 0 Å². The molecule has 0 bridgehead atoms. The molecule has 1 aromatic carbocycles. The molecule has 0 heterocycles. The van der Waals surface area contributed by atoms with E-state index in [1.165, 1.54) is 44.1 Å². The lowest BCUT2D eigenvalue weighted by molar-refractivity contribution is 0.157. The molecule has 0 amide bonds. The van der Waals surface area contributed by atoms with Gasteiger partial charge in [0.15, 0.2) is 0 Å². The molecule has 4 atom stereocenters. The summed E-state index contributed by atoms with van der Waals surface area (Å²) < 4.78 is 6.30. The van der Waals surface area contributed by atoms with Gasteiger partial charge in [0.25, 0.3) is 0 Å². The largest absolute Gasteiger partial charge is 0.490 e. The van der Waals surface area contributed by atoms with E-state index in [9.17, 15) is 5.11 Å². The number of hydrogen-bond donors (Lipinski definition) is 1. The Balaban J connectivity index is 1.38. The van der Waals surface area contributed by atoms with Crippen LogP contribution in [0.25, 0.3) is 0 Å². The number of ether oxygens (including phenoxy) is 1. The first kappa shape index (κ1) is 16.4. The number of nitrogens with zero attached hydrogens (tertiary/aromatic N) is 1. The molecular weight excluding hydrogens is 298 g/mol. The summed E-state index contributed by atoms with van der Waals surface area (Å²) in [6.45, 7) is 0.968. The molecule has 3 nitrogen and oxygen atoms in total. The molecule has 3 heteroatoms. The maximum absolute atomic E-state index is 9.84. The molecule has 3 fully saturated rings. The number of fused-ring (bicyclic) bond motifs is 1. The van der Waals surface area contributed by atoms with Crippen LogP contribution in [0.1, 0.15) is 56.9 Å². The molecule has 0 aromatic heterocycles. The highest BCUT2D eigenvalue weighted by Crippen LogP contribution is 2.45. The fraction of sp³-hybridized carbons (Fsp3) is 0.714. The second-order valence-corrected chi connectivity index (χ2v) is 8.32. The van der Waals surface area contributed by atoms with Crippen LogP contribution in [-0.4, -0.2) is 35.3 Å². The lowest BCUT2D eigenvalue weighted by Gasteiger charge is -2.27. The summed E-state index contributed by atoms with van der Waals surface area (Å²) in [6.07, 6.45) is 9.97. The minimum atomic E-state index is -0.0354. The van der Waals surface area contributed by atoms with Crippen LogP contribution in [0.3, 0.4) is 0 Å². The van der Waals surface area contributed by atoms with Gasteiger partial charge >= 0.3 is 0 Å². The van der Waals surface area contributed by atoms with E-state index in [2.05, 4.69) is 36.2 Å². The van der Waals surface area contributed by atoms with Crippen molar-refractivity contribution in [2.75, 3.05) is 7.05 Å². The van der Waals surface area contributed by atoms with Crippen molar-refractivity contribution in [3.8, 4) is 5.75 Å². The van der Waals surface area contributed by atoms with Crippen molar-refractivity contribution in [3.05, 3.63) is 29.8 Å². The van der Waals surface area contributed by atoms with Crippen LogP contribution in [0.2, 0.25) is 0 Å². The second-order valence-electron chi connectivity index (χ2n) is 8.32. The Kier molecular flexibility index (Phi) is 4.82. The summed E-state index contributed by atoms with van der Waals surface area (Å²) >= 11 is 0. The van der Waals surface area contributed by atoms with Gasteiger partial charge in [0.1, 0.15) is 5.75 Å². The number of hydrogen-bond acceptors (Lipinski definition) is 3. The first-order valence-corrected chi connectivity index (χ1v) is 9.82. The van der Waals surface area contributed by atoms with Crippen molar-refractivity contribution in [1.29, 1.82) is 0 Å². The van der Waals surface area contributed by atoms with Gasteiger partial charge in [0.2, 0.25) is 0 Å². The molecule has 1 N–H and O–H groups in total. The Bertz CT molecular complexity index is 541. The molecule has 3 saturated carbocycles. The normalized spacial score (nSPS) is 33.3. The molecule has 0 aliphatic heterocycles. The van der Waals surface area contributed by atoms with Gasteiger partial charge < -0.3 is 9.84 Å².